The molecule has 0 unspecified atom stereocenters. The molecule has 2 rings (SSSR count). The normalized spacial score (nSPS) is 10.6. The number of aryl methyl sites for hydroxylation is 1. The predicted octanol–water partition coefficient (Wildman–Crippen LogP) is 4.31. The number of aromatic nitrogens is 1. The van der Waals surface area contributed by atoms with Crippen molar-refractivity contribution in [1.29, 1.82) is 0 Å². The summed E-state index contributed by atoms with van der Waals surface area (Å²) >= 11 is 6.86. The van der Waals surface area contributed by atoms with Gasteiger partial charge in [-0.25, -0.2) is 4.98 Å². The fourth-order valence-electron chi connectivity index (χ4n) is 1.47. The van der Waals surface area contributed by atoms with Crippen LogP contribution in [0.2, 0.25) is 0 Å². The fourth-order valence-corrected chi connectivity index (χ4v) is 2.47. The summed E-state index contributed by atoms with van der Waals surface area (Å²) in [6, 6.07) is 6.17. The van der Waals surface area contributed by atoms with E-state index < -0.39 is 0 Å². The summed E-state index contributed by atoms with van der Waals surface area (Å²) in [6.07, 6.45) is 1.47. The van der Waals surface area contributed by atoms with Gasteiger partial charge in [-0.15, -0.1) is 0 Å². The molecule has 1 aromatic carbocycles. The van der Waals surface area contributed by atoms with Crippen LogP contribution in [-0.4, -0.2) is 4.98 Å². The quantitative estimate of drug-likeness (QED) is 0.767. The average molecular weight is 331 g/mol. The van der Waals surface area contributed by atoms with E-state index in [0.29, 0.717) is 5.33 Å². The molecule has 4 heteroatoms. The lowest BCUT2D eigenvalue weighted by molar-refractivity contribution is 0.571. The van der Waals surface area contributed by atoms with Crippen molar-refractivity contribution >= 4 is 31.9 Å². The van der Waals surface area contributed by atoms with Gasteiger partial charge >= 0.3 is 0 Å². The van der Waals surface area contributed by atoms with Crippen molar-refractivity contribution in [2.24, 2.45) is 0 Å². The molecule has 1 heterocycles. The van der Waals surface area contributed by atoms with E-state index in [9.17, 15) is 0 Å². The lowest BCUT2D eigenvalue weighted by atomic mass is 10.1. The fraction of sp³-hybridized carbons (Fsp3) is 0.182. The molecule has 0 atom stereocenters. The largest absolute Gasteiger partial charge is 0.443 e. The summed E-state index contributed by atoms with van der Waals surface area (Å²) in [4.78, 5) is 4.14. The smallest absolute Gasteiger partial charge is 0.181 e. The van der Waals surface area contributed by atoms with Crippen LogP contribution in [-0.2, 0) is 5.33 Å². The molecule has 0 N–H and O–H groups in total. The Morgan fingerprint density at radius 2 is 2.13 bits per heavy atom. The molecule has 0 spiro atoms. The Morgan fingerprint density at radius 3 is 2.80 bits per heavy atom. The number of hydrogen-bond acceptors (Lipinski definition) is 2. The third kappa shape index (κ3) is 2.32. The zero-order chi connectivity index (χ0) is 10.8. The summed E-state index contributed by atoms with van der Waals surface area (Å²) in [5.41, 5.74) is 3.16. The molecule has 0 bridgehead atoms. The van der Waals surface area contributed by atoms with Crippen molar-refractivity contribution in [3.63, 3.8) is 0 Å². The van der Waals surface area contributed by atoms with Crippen molar-refractivity contribution in [3.8, 4) is 11.3 Å². The van der Waals surface area contributed by atoms with E-state index in [-0.39, 0.29) is 0 Å². The minimum absolute atomic E-state index is 0.699. The lowest BCUT2D eigenvalue weighted by Gasteiger charge is -2.02. The van der Waals surface area contributed by atoms with Gasteiger partial charge < -0.3 is 4.42 Å². The molecular weight excluding hydrogens is 322 g/mol. The predicted molar refractivity (Wildman–Crippen MR) is 67.0 cm³/mol. The van der Waals surface area contributed by atoms with Crippen molar-refractivity contribution < 1.29 is 4.42 Å². The van der Waals surface area contributed by atoms with Gasteiger partial charge in [0.15, 0.2) is 12.2 Å². The van der Waals surface area contributed by atoms with Crippen LogP contribution < -0.4 is 0 Å². The first-order valence-electron chi connectivity index (χ1n) is 4.46. The summed E-state index contributed by atoms with van der Waals surface area (Å²) < 4.78 is 6.44. The number of oxazole rings is 1. The molecule has 0 amide bonds. The van der Waals surface area contributed by atoms with Crippen LogP contribution in [0.4, 0.5) is 0 Å². The Bertz CT molecular complexity index is 459. The van der Waals surface area contributed by atoms with Crippen LogP contribution in [0.5, 0.6) is 0 Å². The monoisotopic (exact) mass is 329 g/mol. The van der Waals surface area contributed by atoms with Gasteiger partial charge in [-0.3, -0.25) is 0 Å². The number of halogens is 2. The SMILES string of the molecule is Cc1cc(Br)cc(-c2ocnc2CBr)c1. The zero-order valence-electron chi connectivity index (χ0n) is 8.13. The average Bonchev–Trinajstić information content (AvgIpc) is 2.63. The number of nitrogens with zero attached hydrogens (tertiary/aromatic N) is 1. The molecule has 0 aliphatic carbocycles. The standard InChI is InChI=1S/C11H9Br2NO/c1-7-2-8(4-9(13)3-7)11-10(5-12)14-6-15-11/h2-4,6H,5H2,1H3. The first-order chi connectivity index (χ1) is 7.20. The number of rotatable bonds is 2. The zero-order valence-corrected chi connectivity index (χ0v) is 11.3. The molecule has 0 radical (unpaired) electrons. The molecular formula is C11H9Br2NO. The molecule has 2 nitrogen and oxygen atoms in total. The van der Waals surface area contributed by atoms with Crippen LogP contribution in [0.3, 0.4) is 0 Å². The van der Waals surface area contributed by atoms with Gasteiger partial charge in [0, 0.05) is 15.4 Å². The van der Waals surface area contributed by atoms with Gasteiger partial charge in [0.25, 0.3) is 0 Å². The summed E-state index contributed by atoms with van der Waals surface area (Å²) in [7, 11) is 0. The maximum Gasteiger partial charge on any atom is 0.181 e. The highest BCUT2D eigenvalue weighted by molar-refractivity contribution is 9.10. The topological polar surface area (TPSA) is 26.0 Å². The summed E-state index contributed by atoms with van der Waals surface area (Å²) in [5.74, 6) is 0.830. The van der Waals surface area contributed by atoms with Gasteiger partial charge in [0.2, 0.25) is 0 Å². The molecule has 0 saturated heterocycles. The van der Waals surface area contributed by atoms with Crippen LogP contribution in [0.15, 0.2) is 33.5 Å². The van der Waals surface area contributed by atoms with E-state index in [1.807, 2.05) is 6.07 Å². The van der Waals surface area contributed by atoms with Crippen LogP contribution in [0, 0.1) is 6.92 Å². The lowest BCUT2D eigenvalue weighted by Crippen LogP contribution is -1.84. The Hall–Kier alpha value is -0.610. The number of alkyl halides is 1. The molecule has 78 valence electrons. The van der Waals surface area contributed by atoms with Crippen LogP contribution in [0.25, 0.3) is 11.3 Å². The van der Waals surface area contributed by atoms with Crippen molar-refractivity contribution in [1.82, 2.24) is 4.98 Å². The Morgan fingerprint density at radius 1 is 1.33 bits per heavy atom. The Kier molecular flexibility index (Phi) is 3.26. The van der Waals surface area contributed by atoms with E-state index in [1.54, 1.807) is 0 Å². The highest BCUT2D eigenvalue weighted by Crippen LogP contribution is 2.28. The van der Waals surface area contributed by atoms with E-state index >= 15 is 0 Å². The van der Waals surface area contributed by atoms with Gasteiger partial charge in [0.05, 0.1) is 5.69 Å². The summed E-state index contributed by atoms with van der Waals surface area (Å²) in [5, 5.41) is 0.699. The minimum Gasteiger partial charge on any atom is -0.443 e. The second kappa shape index (κ2) is 4.49. The minimum atomic E-state index is 0.699. The third-order valence-electron chi connectivity index (χ3n) is 2.07. The van der Waals surface area contributed by atoms with E-state index in [1.165, 1.54) is 12.0 Å². The van der Waals surface area contributed by atoms with E-state index in [2.05, 4.69) is 55.9 Å². The number of benzene rings is 1. The molecule has 2 aromatic rings. The summed E-state index contributed by atoms with van der Waals surface area (Å²) in [6.45, 7) is 2.05. The number of hydrogen-bond donors (Lipinski definition) is 0. The highest BCUT2D eigenvalue weighted by Gasteiger charge is 2.10. The second-order valence-corrected chi connectivity index (χ2v) is 4.76. The maximum atomic E-state index is 5.39. The second-order valence-electron chi connectivity index (χ2n) is 3.28. The molecule has 0 aliphatic heterocycles. The van der Waals surface area contributed by atoms with Crippen LogP contribution in [0.1, 0.15) is 11.3 Å². The van der Waals surface area contributed by atoms with Crippen LogP contribution >= 0.6 is 31.9 Å². The first-order valence-corrected chi connectivity index (χ1v) is 6.38. The molecule has 0 saturated carbocycles. The van der Waals surface area contributed by atoms with Crippen molar-refractivity contribution in [2.75, 3.05) is 0 Å². The van der Waals surface area contributed by atoms with Gasteiger partial charge in [-0.2, -0.15) is 0 Å². The Labute approximate surface area is 105 Å². The van der Waals surface area contributed by atoms with Crippen molar-refractivity contribution in [2.45, 2.75) is 12.3 Å². The molecule has 15 heavy (non-hydrogen) atoms. The van der Waals surface area contributed by atoms with Gasteiger partial charge in [-0.05, 0) is 30.7 Å². The highest BCUT2D eigenvalue weighted by atomic mass is 79.9. The first kappa shape index (κ1) is 10.9. The molecule has 0 fully saturated rings. The van der Waals surface area contributed by atoms with Gasteiger partial charge in [-0.1, -0.05) is 31.9 Å². The molecule has 1 aromatic heterocycles. The van der Waals surface area contributed by atoms with Gasteiger partial charge in [0.1, 0.15) is 0 Å². The molecule has 0 aliphatic rings. The van der Waals surface area contributed by atoms with E-state index in [4.69, 9.17) is 4.42 Å². The van der Waals surface area contributed by atoms with E-state index in [0.717, 1.165) is 21.5 Å². The van der Waals surface area contributed by atoms with Crippen molar-refractivity contribution in [3.05, 3.63) is 40.3 Å². The Balaban J connectivity index is 2.53. The maximum absolute atomic E-state index is 5.39. The third-order valence-corrected chi connectivity index (χ3v) is 3.06.